The lowest BCUT2D eigenvalue weighted by atomic mass is 10.1. The van der Waals surface area contributed by atoms with Gasteiger partial charge in [0.05, 0.1) is 29.0 Å². The second-order valence-electron chi connectivity index (χ2n) is 7.51. The summed E-state index contributed by atoms with van der Waals surface area (Å²) in [5, 5.41) is -0.427. The predicted molar refractivity (Wildman–Crippen MR) is 115 cm³/mol. The topological polar surface area (TPSA) is 48.2 Å². The summed E-state index contributed by atoms with van der Waals surface area (Å²) < 4.78 is 50.8. The van der Waals surface area contributed by atoms with Crippen LogP contribution in [0.25, 0.3) is 22.6 Å². The lowest BCUT2D eigenvalue weighted by Gasteiger charge is -2.08. The molecule has 0 aliphatic rings. The number of ether oxygens (including phenoxy) is 1. The molecule has 31 heavy (non-hydrogen) atoms. The molecule has 0 radical (unpaired) electrons. The van der Waals surface area contributed by atoms with Crippen molar-refractivity contribution in [1.29, 1.82) is 0 Å². The molecule has 2 heterocycles. The zero-order valence-corrected chi connectivity index (χ0v) is 18.2. The fourth-order valence-electron chi connectivity index (χ4n) is 3.37. The van der Waals surface area contributed by atoms with E-state index in [4.69, 9.17) is 20.8 Å². The summed E-state index contributed by atoms with van der Waals surface area (Å²) in [5.74, 6) is 0.651. The van der Waals surface area contributed by atoms with Crippen molar-refractivity contribution in [3.8, 4) is 17.2 Å². The van der Waals surface area contributed by atoms with E-state index in [2.05, 4.69) is 16.9 Å². The van der Waals surface area contributed by atoms with Gasteiger partial charge in [0.1, 0.15) is 11.3 Å². The van der Waals surface area contributed by atoms with Gasteiger partial charge in [0.2, 0.25) is 5.89 Å². The van der Waals surface area contributed by atoms with Gasteiger partial charge in [-0.25, -0.2) is 4.98 Å². The van der Waals surface area contributed by atoms with Crippen molar-refractivity contribution in [2.75, 3.05) is 6.61 Å². The second kappa shape index (κ2) is 10.8. The van der Waals surface area contributed by atoms with Crippen LogP contribution in [-0.2, 0) is 6.18 Å². The monoisotopic (exact) mass is 454 g/mol. The quantitative estimate of drug-likeness (QED) is 0.275. The van der Waals surface area contributed by atoms with E-state index in [-0.39, 0.29) is 17.0 Å². The van der Waals surface area contributed by atoms with Crippen LogP contribution in [0.1, 0.15) is 63.9 Å². The molecule has 3 rings (SSSR count). The molecule has 168 valence electrons. The van der Waals surface area contributed by atoms with Gasteiger partial charge in [0.15, 0.2) is 5.58 Å². The van der Waals surface area contributed by atoms with Gasteiger partial charge in [-0.2, -0.15) is 13.2 Å². The van der Waals surface area contributed by atoms with Gasteiger partial charge in [0.25, 0.3) is 0 Å². The molecular weight excluding hydrogens is 429 g/mol. The maximum atomic E-state index is 13.1. The van der Waals surface area contributed by atoms with Crippen LogP contribution < -0.4 is 4.74 Å². The summed E-state index contributed by atoms with van der Waals surface area (Å²) in [6, 6.07) is 3.70. The van der Waals surface area contributed by atoms with Crippen molar-refractivity contribution in [2.45, 2.75) is 64.5 Å². The molecule has 8 heteroatoms. The van der Waals surface area contributed by atoms with Gasteiger partial charge in [-0.1, -0.05) is 63.5 Å². The highest BCUT2D eigenvalue weighted by molar-refractivity contribution is 6.32. The van der Waals surface area contributed by atoms with Crippen LogP contribution in [0.4, 0.5) is 13.2 Å². The molecule has 2 aromatic heterocycles. The van der Waals surface area contributed by atoms with Crippen molar-refractivity contribution in [1.82, 2.24) is 9.97 Å². The number of hydrogen-bond donors (Lipinski definition) is 0. The Kier molecular flexibility index (Phi) is 8.18. The molecule has 0 unspecified atom stereocenters. The number of nitrogens with zero attached hydrogens (tertiary/aromatic N) is 2. The third-order valence-corrected chi connectivity index (χ3v) is 5.37. The van der Waals surface area contributed by atoms with Crippen molar-refractivity contribution in [3.05, 3.63) is 41.2 Å². The average Bonchev–Trinajstić information content (AvgIpc) is 3.14. The lowest BCUT2D eigenvalue weighted by Crippen LogP contribution is -2.05. The first-order chi connectivity index (χ1) is 14.9. The van der Waals surface area contributed by atoms with E-state index >= 15 is 0 Å². The highest BCUT2D eigenvalue weighted by Crippen LogP contribution is 2.39. The minimum absolute atomic E-state index is 0.0811. The molecule has 0 aliphatic carbocycles. The highest BCUT2D eigenvalue weighted by atomic mass is 35.5. The van der Waals surface area contributed by atoms with E-state index in [9.17, 15) is 13.2 Å². The van der Waals surface area contributed by atoms with E-state index in [0.717, 1.165) is 25.0 Å². The molecule has 0 saturated carbocycles. The molecular formula is C23H26ClF3N2O2. The zero-order chi connectivity index (χ0) is 22.3. The second-order valence-corrected chi connectivity index (χ2v) is 7.92. The third kappa shape index (κ3) is 6.35. The van der Waals surface area contributed by atoms with E-state index in [1.165, 1.54) is 38.5 Å². The van der Waals surface area contributed by atoms with Crippen LogP contribution in [0.2, 0.25) is 5.02 Å². The number of unbranched alkanes of at least 4 members (excludes halogenated alkanes) is 7. The van der Waals surface area contributed by atoms with Crippen molar-refractivity contribution < 1.29 is 22.3 Å². The molecule has 1 aromatic carbocycles. The molecule has 3 aromatic rings. The van der Waals surface area contributed by atoms with Gasteiger partial charge in [-0.15, -0.1) is 0 Å². The molecule has 0 N–H and O–H groups in total. The third-order valence-electron chi connectivity index (χ3n) is 5.05. The van der Waals surface area contributed by atoms with E-state index in [1.807, 2.05) is 0 Å². The number of aromatic nitrogens is 2. The van der Waals surface area contributed by atoms with Crippen LogP contribution in [-0.4, -0.2) is 16.6 Å². The summed E-state index contributed by atoms with van der Waals surface area (Å²) in [5.41, 5.74) is -0.144. The number of oxazole rings is 1. The van der Waals surface area contributed by atoms with Gasteiger partial charge >= 0.3 is 6.18 Å². The minimum atomic E-state index is -4.56. The Bertz CT molecular complexity index is 989. The first-order valence-corrected chi connectivity index (χ1v) is 11.0. The van der Waals surface area contributed by atoms with Gasteiger partial charge in [-0.3, -0.25) is 4.98 Å². The van der Waals surface area contributed by atoms with Crippen molar-refractivity contribution in [2.24, 2.45) is 0 Å². The first-order valence-electron chi connectivity index (χ1n) is 10.6. The van der Waals surface area contributed by atoms with Crippen molar-refractivity contribution >= 4 is 22.7 Å². The number of rotatable bonds is 11. The van der Waals surface area contributed by atoms with Crippen LogP contribution in [0, 0.1) is 0 Å². The standard InChI is InChI=1S/C23H26ClF3N2O2/c1-2-3-4-5-6-7-8-9-12-30-21-15-28-11-10-16(21)22-29-19-13-17(23(25,26)27)18(24)14-20(19)31-22/h10-11,13-15H,2-9,12H2,1H3. The fraction of sp³-hybridized carbons (Fsp3) is 0.478. The normalized spacial score (nSPS) is 11.9. The molecule has 0 atom stereocenters. The fourth-order valence-corrected chi connectivity index (χ4v) is 3.63. The molecule has 0 fully saturated rings. The Hall–Kier alpha value is -2.28. The van der Waals surface area contributed by atoms with Gasteiger partial charge in [0, 0.05) is 12.3 Å². The Balaban J connectivity index is 1.64. The van der Waals surface area contributed by atoms with Gasteiger partial charge in [-0.05, 0) is 18.6 Å². The maximum absolute atomic E-state index is 13.1. The number of fused-ring (bicyclic) bond motifs is 1. The van der Waals surface area contributed by atoms with Crippen LogP contribution in [0.3, 0.4) is 0 Å². The Labute approximate surface area is 184 Å². The maximum Gasteiger partial charge on any atom is 0.417 e. The molecule has 0 aliphatic heterocycles. The Morgan fingerprint density at radius 3 is 2.45 bits per heavy atom. The highest BCUT2D eigenvalue weighted by Gasteiger charge is 2.34. The van der Waals surface area contributed by atoms with E-state index in [1.54, 1.807) is 18.5 Å². The van der Waals surface area contributed by atoms with Crippen LogP contribution in [0.15, 0.2) is 35.0 Å². The largest absolute Gasteiger partial charge is 0.491 e. The summed E-state index contributed by atoms with van der Waals surface area (Å²) in [4.78, 5) is 8.30. The minimum Gasteiger partial charge on any atom is -0.491 e. The first kappa shape index (κ1) is 23.4. The van der Waals surface area contributed by atoms with Crippen molar-refractivity contribution in [3.63, 3.8) is 0 Å². The Morgan fingerprint density at radius 2 is 1.74 bits per heavy atom. The number of halogens is 4. The average molecular weight is 455 g/mol. The summed E-state index contributed by atoms with van der Waals surface area (Å²) in [6.45, 7) is 2.73. The summed E-state index contributed by atoms with van der Waals surface area (Å²) in [6.07, 6.45) is 8.10. The summed E-state index contributed by atoms with van der Waals surface area (Å²) in [7, 11) is 0. The van der Waals surface area contributed by atoms with E-state index < -0.39 is 16.8 Å². The van der Waals surface area contributed by atoms with Crippen LogP contribution >= 0.6 is 11.6 Å². The zero-order valence-electron chi connectivity index (χ0n) is 17.5. The number of benzene rings is 1. The number of pyridine rings is 1. The van der Waals surface area contributed by atoms with E-state index in [0.29, 0.717) is 17.9 Å². The lowest BCUT2D eigenvalue weighted by molar-refractivity contribution is -0.137. The molecule has 0 saturated heterocycles. The predicted octanol–water partition coefficient (Wildman–Crippen LogP) is 8.08. The molecule has 0 spiro atoms. The summed E-state index contributed by atoms with van der Waals surface area (Å²) >= 11 is 5.78. The SMILES string of the molecule is CCCCCCCCCCOc1cnccc1-c1nc2cc(C(F)(F)F)c(Cl)cc2o1. The number of alkyl halides is 3. The molecule has 4 nitrogen and oxygen atoms in total. The molecule has 0 bridgehead atoms. The Morgan fingerprint density at radius 1 is 1.03 bits per heavy atom. The smallest absolute Gasteiger partial charge is 0.417 e. The molecule has 0 amide bonds. The number of hydrogen-bond acceptors (Lipinski definition) is 4. The van der Waals surface area contributed by atoms with Gasteiger partial charge < -0.3 is 9.15 Å². The van der Waals surface area contributed by atoms with Crippen LogP contribution in [0.5, 0.6) is 5.75 Å².